The van der Waals surface area contributed by atoms with E-state index in [1.165, 1.54) is 0 Å². The molecule has 0 aliphatic rings. The lowest BCUT2D eigenvalue weighted by atomic mass is 10.1. The number of amides is 3. The Labute approximate surface area is 151 Å². The van der Waals surface area contributed by atoms with E-state index in [1.807, 2.05) is 13.8 Å². The molecule has 25 heavy (non-hydrogen) atoms. The molecule has 3 N–H and O–H groups in total. The number of rotatable bonds is 9. The molecule has 2 atom stereocenters. The highest BCUT2D eigenvalue weighted by atomic mass is 16.6. The minimum Gasteiger partial charge on any atom is -0.444 e. The summed E-state index contributed by atoms with van der Waals surface area (Å²) in [6.07, 6.45) is 2.63. The second kappa shape index (κ2) is 10.9. The summed E-state index contributed by atoms with van der Waals surface area (Å²) in [4.78, 5) is 36.4. The average Bonchev–Trinajstić information content (AvgIpc) is 2.43. The predicted octanol–water partition coefficient (Wildman–Crippen LogP) is 2.49. The lowest BCUT2D eigenvalue weighted by Crippen LogP contribution is -2.53. The molecular weight excluding hydrogens is 322 g/mol. The van der Waals surface area contributed by atoms with Crippen molar-refractivity contribution >= 4 is 17.9 Å². The molecule has 0 radical (unpaired) electrons. The van der Waals surface area contributed by atoms with Crippen LogP contribution in [-0.4, -0.2) is 41.6 Å². The van der Waals surface area contributed by atoms with Gasteiger partial charge in [-0.3, -0.25) is 9.59 Å². The maximum Gasteiger partial charge on any atom is 0.408 e. The molecule has 0 rings (SSSR count). The van der Waals surface area contributed by atoms with Crippen LogP contribution in [0.5, 0.6) is 0 Å². The van der Waals surface area contributed by atoms with Gasteiger partial charge in [-0.2, -0.15) is 0 Å². The molecule has 0 aromatic heterocycles. The minimum atomic E-state index is -0.726. The second-order valence-corrected chi connectivity index (χ2v) is 7.59. The summed E-state index contributed by atoms with van der Waals surface area (Å²) in [5.74, 6) is -0.638. The molecule has 146 valence electrons. The maximum atomic E-state index is 12.5. The van der Waals surface area contributed by atoms with Gasteiger partial charge in [-0.25, -0.2) is 4.79 Å². The van der Waals surface area contributed by atoms with Crippen LogP contribution < -0.4 is 16.0 Å². The van der Waals surface area contributed by atoms with E-state index in [9.17, 15) is 14.4 Å². The Morgan fingerprint density at radius 3 is 2.00 bits per heavy atom. The topological polar surface area (TPSA) is 96.5 Å². The van der Waals surface area contributed by atoms with Gasteiger partial charge in [0, 0.05) is 6.04 Å². The second-order valence-electron chi connectivity index (χ2n) is 7.59. The van der Waals surface area contributed by atoms with Crippen LogP contribution in [0.1, 0.15) is 74.1 Å². The zero-order chi connectivity index (χ0) is 19.6. The molecule has 7 heteroatoms. The normalized spacial score (nSPS) is 13.8. The van der Waals surface area contributed by atoms with E-state index in [4.69, 9.17) is 4.74 Å². The summed E-state index contributed by atoms with van der Waals surface area (Å²) in [5.41, 5.74) is -0.640. The monoisotopic (exact) mass is 357 g/mol. The largest absolute Gasteiger partial charge is 0.444 e. The molecule has 0 aromatic carbocycles. The van der Waals surface area contributed by atoms with Crippen molar-refractivity contribution in [3.63, 3.8) is 0 Å². The van der Waals surface area contributed by atoms with Gasteiger partial charge in [0.2, 0.25) is 11.8 Å². The van der Waals surface area contributed by atoms with E-state index in [0.29, 0.717) is 6.42 Å². The van der Waals surface area contributed by atoms with Crippen LogP contribution in [0.3, 0.4) is 0 Å². The fraction of sp³-hybridized carbons (Fsp3) is 0.833. The molecule has 0 saturated carbocycles. The van der Waals surface area contributed by atoms with Gasteiger partial charge >= 0.3 is 6.09 Å². The lowest BCUT2D eigenvalue weighted by Gasteiger charge is -2.24. The molecule has 0 aliphatic heterocycles. The van der Waals surface area contributed by atoms with Crippen molar-refractivity contribution in [3.8, 4) is 0 Å². The van der Waals surface area contributed by atoms with Crippen molar-refractivity contribution in [2.75, 3.05) is 0 Å². The fourth-order valence-electron chi connectivity index (χ4n) is 2.11. The third-order valence-corrected chi connectivity index (χ3v) is 3.29. The number of hydrogen-bond acceptors (Lipinski definition) is 4. The molecule has 3 amide bonds. The Morgan fingerprint density at radius 2 is 1.52 bits per heavy atom. The Kier molecular flexibility index (Phi) is 10.2. The quantitative estimate of drug-likeness (QED) is 0.552. The molecule has 0 bridgehead atoms. The molecule has 0 unspecified atom stereocenters. The van der Waals surface area contributed by atoms with Crippen molar-refractivity contribution < 1.29 is 19.1 Å². The van der Waals surface area contributed by atoms with Gasteiger partial charge in [-0.1, -0.05) is 26.2 Å². The Hall–Kier alpha value is -1.79. The third kappa shape index (κ3) is 11.4. The van der Waals surface area contributed by atoms with Crippen LogP contribution in [0, 0.1) is 0 Å². The highest BCUT2D eigenvalue weighted by Gasteiger charge is 2.26. The van der Waals surface area contributed by atoms with Crippen molar-refractivity contribution in [1.29, 1.82) is 0 Å². The van der Waals surface area contributed by atoms with Crippen LogP contribution in [0.15, 0.2) is 0 Å². The van der Waals surface area contributed by atoms with E-state index in [1.54, 1.807) is 27.7 Å². The molecule has 0 saturated heterocycles. The molecule has 0 fully saturated rings. The Morgan fingerprint density at radius 1 is 0.920 bits per heavy atom. The van der Waals surface area contributed by atoms with Gasteiger partial charge in [-0.05, 0) is 48.0 Å². The highest BCUT2D eigenvalue weighted by molar-refractivity contribution is 5.91. The Balaban J connectivity index is 4.80. The number of alkyl carbamates (subject to hydrolysis) is 1. The van der Waals surface area contributed by atoms with Gasteiger partial charge in [-0.15, -0.1) is 0 Å². The van der Waals surface area contributed by atoms with Crippen molar-refractivity contribution in [2.24, 2.45) is 0 Å². The number of ether oxygens (including phenoxy) is 1. The number of carbonyl (C=O) groups is 3. The number of carbonyl (C=O) groups excluding carboxylic acids is 3. The van der Waals surface area contributed by atoms with E-state index >= 15 is 0 Å². The zero-order valence-electron chi connectivity index (χ0n) is 16.7. The fourth-order valence-corrected chi connectivity index (χ4v) is 2.11. The van der Waals surface area contributed by atoms with Gasteiger partial charge in [0.15, 0.2) is 0 Å². The van der Waals surface area contributed by atoms with Crippen molar-refractivity contribution in [3.05, 3.63) is 0 Å². The maximum absolute atomic E-state index is 12.5. The molecular formula is C18H35N3O4. The molecule has 0 spiro atoms. The summed E-state index contributed by atoms with van der Waals surface area (Å²) in [6, 6.07) is -1.41. The predicted molar refractivity (Wildman–Crippen MR) is 98.2 cm³/mol. The highest BCUT2D eigenvalue weighted by Crippen LogP contribution is 2.09. The lowest BCUT2D eigenvalue weighted by molar-refractivity contribution is -0.130. The van der Waals surface area contributed by atoms with Gasteiger partial charge in [0.05, 0.1) is 0 Å². The van der Waals surface area contributed by atoms with Gasteiger partial charge < -0.3 is 20.7 Å². The molecule has 7 nitrogen and oxygen atoms in total. The average molecular weight is 357 g/mol. The number of nitrogens with one attached hydrogen (secondary N) is 3. The third-order valence-electron chi connectivity index (χ3n) is 3.29. The van der Waals surface area contributed by atoms with Crippen LogP contribution in [-0.2, 0) is 14.3 Å². The summed E-state index contributed by atoms with van der Waals surface area (Å²) in [7, 11) is 0. The number of hydrogen-bond donors (Lipinski definition) is 3. The summed E-state index contributed by atoms with van der Waals surface area (Å²) < 4.78 is 5.22. The minimum absolute atomic E-state index is 0.00732. The van der Waals surface area contributed by atoms with Crippen LogP contribution in [0.4, 0.5) is 4.79 Å². The standard InChI is InChI=1S/C18H35N3O4/c1-8-9-10-11-14(21-17(24)25-18(5,6)7)16(23)20-13(4)15(22)19-12(2)3/h12-14H,8-11H2,1-7H3,(H,19,22)(H,20,23)(H,21,24)/t13-,14+/m1/s1. The van der Waals surface area contributed by atoms with Crippen molar-refractivity contribution in [1.82, 2.24) is 16.0 Å². The van der Waals surface area contributed by atoms with E-state index in [2.05, 4.69) is 22.9 Å². The number of unbranched alkanes of at least 4 members (excludes halogenated alkanes) is 2. The first-order chi connectivity index (χ1) is 11.5. The van der Waals surface area contributed by atoms with Crippen LogP contribution >= 0.6 is 0 Å². The molecule has 0 aromatic rings. The van der Waals surface area contributed by atoms with E-state index in [0.717, 1.165) is 19.3 Å². The first-order valence-electron chi connectivity index (χ1n) is 9.06. The summed E-state index contributed by atoms with van der Waals surface area (Å²) in [6.45, 7) is 12.7. The van der Waals surface area contributed by atoms with E-state index < -0.39 is 23.8 Å². The van der Waals surface area contributed by atoms with Gasteiger partial charge in [0.25, 0.3) is 0 Å². The van der Waals surface area contributed by atoms with E-state index in [-0.39, 0.29) is 17.9 Å². The van der Waals surface area contributed by atoms with Crippen LogP contribution in [0.2, 0.25) is 0 Å². The Bertz CT molecular complexity index is 444. The molecule has 0 heterocycles. The summed E-state index contributed by atoms with van der Waals surface area (Å²) in [5, 5.41) is 8.02. The SMILES string of the molecule is CCCCC[C@H](NC(=O)OC(C)(C)C)C(=O)N[C@H](C)C(=O)NC(C)C. The first kappa shape index (κ1) is 23.2. The van der Waals surface area contributed by atoms with Crippen LogP contribution in [0.25, 0.3) is 0 Å². The van der Waals surface area contributed by atoms with Crippen molar-refractivity contribution in [2.45, 2.75) is 97.9 Å². The van der Waals surface area contributed by atoms with Gasteiger partial charge in [0.1, 0.15) is 17.7 Å². The first-order valence-corrected chi connectivity index (χ1v) is 9.06. The molecule has 0 aliphatic carbocycles. The smallest absolute Gasteiger partial charge is 0.408 e. The zero-order valence-corrected chi connectivity index (χ0v) is 16.7. The summed E-state index contributed by atoms with van der Waals surface area (Å²) >= 11 is 0.